The average molecular weight is 272 g/mol. The highest BCUT2D eigenvalue weighted by molar-refractivity contribution is 7.51. The molecule has 2 aromatic rings. The summed E-state index contributed by atoms with van der Waals surface area (Å²) in [5.41, 5.74) is 0. The molecule has 2 aromatic heterocycles. The molecule has 0 radical (unpaired) electrons. The van der Waals surface area contributed by atoms with Gasteiger partial charge in [0, 0.05) is 9.75 Å². The van der Waals surface area contributed by atoms with Gasteiger partial charge < -0.3 is 14.4 Å². The molecule has 86 valence electrons. The van der Waals surface area contributed by atoms with Gasteiger partial charge in [-0.3, -0.25) is 0 Å². The summed E-state index contributed by atoms with van der Waals surface area (Å²) < 4.78 is 11.5. The van der Waals surface area contributed by atoms with Crippen molar-refractivity contribution in [3.63, 3.8) is 0 Å². The minimum Gasteiger partial charge on any atom is -0.810 e. The summed E-state index contributed by atoms with van der Waals surface area (Å²) in [5, 5.41) is 2.11. The average Bonchev–Trinajstić information content (AvgIpc) is 2.88. The molecule has 16 heavy (non-hydrogen) atoms. The van der Waals surface area contributed by atoms with E-state index in [1.54, 1.807) is 35.0 Å². The topological polar surface area (TPSA) is 63.2 Å². The van der Waals surface area contributed by atoms with Crippen LogP contribution in [0.5, 0.6) is 0 Å². The van der Waals surface area contributed by atoms with Gasteiger partial charge in [0.15, 0.2) is 0 Å². The zero-order valence-electron chi connectivity index (χ0n) is 8.45. The summed E-state index contributed by atoms with van der Waals surface area (Å²) >= 11 is 2.58. The molecule has 0 saturated heterocycles. The maximum Gasteiger partial charge on any atom is 0.0636 e. The first-order valence-electron chi connectivity index (χ1n) is 4.56. The number of rotatable bonds is 3. The van der Waals surface area contributed by atoms with Crippen LogP contribution in [0.1, 0.15) is 16.7 Å². The van der Waals surface area contributed by atoms with E-state index in [1.165, 1.54) is 29.6 Å². The van der Waals surface area contributed by atoms with Crippen molar-refractivity contribution in [1.82, 2.24) is 0 Å². The van der Waals surface area contributed by atoms with Crippen LogP contribution in [0.4, 0.5) is 0 Å². The molecule has 0 amide bonds. The molecule has 0 unspecified atom stereocenters. The molecule has 0 N–H and O–H groups in total. The van der Waals surface area contributed by atoms with Gasteiger partial charge >= 0.3 is 0 Å². The van der Waals surface area contributed by atoms with E-state index in [0.29, 0.717) is 9.75 Å². The van der Waals surface area contributed by atoms with Crippen LogP contribution in [0.3, 0.4) is 0 Å². The SMILES string of the molecule is CC(c1cccs1)(c1cccs1)P(=O)([O-])[O-]. The molecule has 0 atom stereocenters. The quantitative estimate of drug-likeness (QED) is 0.803. The molecule has 2 rings (SSSR count). The van der Waals surface area contributed by atoms with Crippen LogP contribution in [-0.2, 0) is 9.72 Å². The Hall–Kier alpha value is -0.450. The Bertz CT molecular complexity index is 464. The predicted octanol–water partition coefficient (Wildman–Crippen LogP) is 1.99. The lowest BCUT2D eigenvalue weighted by molar-refractivity contribution is -0.319. The first-order valence-corrected chi connectivity index (χ1v) is 7.86. The normalized spacial score (nSPS) is 12.9. The monoisotopic (exact) mass is 272 g/mol. The molecule has 3 nitrogen and oxygen atoms in total. The Morgan fingerprint density at radius 3 is 1.81 bits per heavy atom. The van der Waals surface area contributed by atoms with Gasteiger partial charge in [0.25, 0.3) is 0 Å². The number of hydrogen-bond donors (Lipinski definition) is 0. The second kappa shape index (κ2) is 4.09. The van der Waals surface area contributed by atoms with Crippen molar-refractivity contribution < 1.29 is 14.4 Å². The Kier molecular flexibility index (Phi) is 3.07. The van der Waals surface area contributed by atoms with Gasteiger partial charge in [-0.1, -0.05) is 19.7 Å². The highest BCUT2D eigenvalue weighted by Crippen LogP contribution is 2.57. The smallest absolute Gasteiger partial charge is 0.0636 e. The molecule has 0 aromatic carbocycles. The van der Waals surface area contributed by atoms with Crippen molar-refractivity contribution in [3.8, 4) is 0 Å². The van der Waals surface area contributed by atoms with Crippen molar-refractivity contribution in [2.45, 2.75) is 12.1 Å². The summed E-state index contributed by atoms with van der Waals surface area (Å²) in [4.78, 5) is 24.2. The number of thiophene rings is 2. The second-order valence-corrected chi connectivity index (χ2v) is 7.31. The molecule has 0 fully saturated rings. The zero-order valence-corrected chi connectivity index (χ0v) is 11.0. The van der Waals surface area contributed by atoms with Crippen molar-refractivity contribution >= 4 is 30.3 Å². The maximum atomic E-state index is 11.5. The highest BCUT2D eigenvalue weighted by atomic mass is 32.1. The fourth-order valence-corrected chi connectivity index (χ4v) is 4.84. The van der Waals surface area contributed by atoms with Crippen molar-refractivity contribution in [1.29, 1.82) is 0 Å². The maximum absolute atomic E-state index is 11.5. The van der Waals surface area contributed by atoms with Crippen molar-refractivity contribution in [2.24, 2.45) is 0 Å². The fraction of sp³-hybridized carbons (Fsp3) is 0.200. The van der Waals surface area contributed by atoms with Gasteiger partial charge in [-0.25, -0.2) is 0 Å². The lowest BCUT2D eigenvalue weighted by Gasteiger charge is -2.46. The molecule has 0 aliphatic carbocycles. The van der Waals surface area contributed by atoms with Crippen LogP contribution in [0.2, 0.25) is 0 Å². The molecule has 0 saturated carbocycles. The van der Waals surface area contributed by atoms with E-state index in [0.717, 1.165) is 0 Å². The van der Waals surface area contributed by atoms with Crippen molar-refractivity contribution in [2.75, 3.05) is 0 Å². The van der Waals surface area contributed by atoms with Crippen LogP contribution in [0.15, 0.2) is 35.0 Å². The van der Waals surface area contributed by atoms with E-state index in [-0.39, 0.29) is 0 Å². The summed E-state index contributed by atoms with van der Waals surface area (Å²) in [6.45, 7) is 1.48. The van der Waals surface area contributed by atoms with E-state index in [4.69, 9.17) is 0 Å². The standard InChI is InChI=1S/C10H11O3PS2/c1-10(14(11,12)13,8-4-2-6-15-8)9-5-3-7-16-9/h2-7H,1H3,(H2,11,12,13)/p-2. The van der Waals surface area contributed by atoms with Crippen LogP contribution >= 0.6 is 30.3 Å². The first kappa shape index (κ1) is 12.0. The number of hydrogen-bond acceptors (Lipinski definition) is 5. The summed E-state index contributed by atoms with van der Waals surface area (Å²) in [6, 6.07) is 6.88. The predicted molar refractivity (Wildman–Crippen MR) is 62.7 cm³/mol. The van der Waals surface area contributed by atoms with Gasteiger partial charge in [0.1, 0.15) is 0 Å². The van der Waals surface area contributed by atoms with Crippen LogP contribution in [0.25, 0.3) is 0 Å². The highest BCUT2D eigenvalue weighted by Gasteiger charge is 2.34. The van der Waals surface area contributed by atoms with Crippen molar-refractivity contribution in [3.05, 3.63) is 44.8 Å². The lowest BCUT2D eigenvalue weighted by atomic mass is 10.1. The Labute approximate surface area is 102 Å². The zero-order chi connectivity index (χ0) is 11.8. The van der Waals surface area contributed by atoms with E-state index in [9.17, 15) is 14.4 Å². The van der Waals surface area contributed by atoms with Gasteiger partial charge in [0.2, 0.25) is 0 Å². The van der Waals surface area contributed by atoms with Crippen LogP contribution in [0, 0.1) is 0 Å². The van der Waals surface area contributed by atoms with Gasteiger partial charge in [-0.2, -0.15) is 0 Å². The molecule has 0 spiro atoms. The Morgan fingerprint density at radius 2 is 1.56 bits per heavy atom. The summed E-state index contributed by atoms with van der Waals surface area (Å²) in [5.74, 6) is 0. The third-order valence-corrected chi connectivity index (χ3v) is 6.61. The minimum absolute atomic E-state index is 0.572. The third-order valence-electron chi connectivity index (χ3n) is 2.55. The molecule has 0 bridgehead atoms. The molecule has 2 heterocycles. The van der Waals surface area contributed by atoms with Crippen LogP contribution < -0.4 is 9.79 Å². The van der Waals surface area contributed by atoms with E-state index in [2.05, 4.69) is 0 Å². The summed E-state index contributed by atoms with van der Waals surface area (Å²) in [6.07, 6.45) is 0. The van der Waals surface area contributed by atoms with Gasteiger partial charge in [0.05, 0.1) is 5.16 Å². The Balaban J connectivity index is 2.64. The minimum atomic E-state index is -4.74. The van der Waals surface area contributed by atoms with E-state index >= 15 is 0 Å². The van der Waals surface area contributed by atoms with Gasteiger partial charge in [-0.15, -0.1) is 22.7 Å². The molecule has 6 heteroatoms. The molecule has 0 aliphatic heterocycles. The second-order valence-electron chi connectivity index (χ2n) is 3.52. The van der Waals surface area contributed by atoms with E-state index in [1.807, 2.05) is 0 Å². The van der Waals surface area contributed by atoms with Gasteiger partial charge in [-0.05, 0) is 29.8 Å². The van der Waals surface area contributed by atoms with Crippen LogP contribution in [-0.4, -0.2) is 0 Å². The first-order chi connectivity index (χ1) is 7.46. The fourth-order valence-electron chi connectivity index (χ4n) is 1.50. The van der Waals surface area contributed by atoms with E-state index < -0.39 is 12.8 Å². The Morgan fingerprint density at radius 1 is 1.12 bits per heavy atom. The lowest BCUT2D eigenvalue weighted by Crippen LogP contribution is -2.34. The summed E-state index contributed by atoms with van der Waals surface area (Å²) in [7, 11) is -4.74. The molecule has 0 aliphatic rings. The third kappa shape index (κ3) is 1.79. The molecular formula is C10H9O3PS2-2. The largest absolute Gasteiger partial charge is 0.810 e. The molecular weight excluding hydrogens is 263 g/mol.